The highest BCUT2D eigenvalue weighted by Gasteiger charge is 2.38. The summed E-state index contributed by atoms with van der Waals surface area (Å²) in [5, 5.41) is 3.21. The number of aryl methyl sites for hydroxylation is 1. The van der Waals surface area contributed by atoms with E-state index in [0.29, 0.717) is 49.4 Å². The minimum atomic E-state index is -0.511. The largest absolute Gasteiger partial charge is 0.468 e. The topological polar surface area (TPSA) is 82.9 Å². The lowest BCUT2D eigenvalue weighted by molar-refractivity contribution is -0.135. The average molecular weight is 345 g/mol. The summed E-state index contributed by atoms with van der Waals surface area (Å²) >= 11 is 0. The Morgan fingerprint density at radius 3 is 2.72 bits per heavy atom. The Hall–Kier alpha value is -2.15. The smallest absolute Gasteiger partial charge is 0.258 e. The highest BCUT2D eigenvalue weighted by atomic mass is 16.3. The van der Waals surface area contributed by atoms with E-state index in [4.69, 9.17) is 4.42 Å². The zero-order valence-corrected chi connectivity index (χ0v) is 14.3. The average Bonchev–Trinajstić information content (AvgIpc) is 3.31. The molecule has 4 rings (SSSR count). The summed E-state index contributed by atoms with van der Waals surface area (Å²) in [7, 11) is 0. The molecule has 1 atom stereocenters. The van der Waals surface area contributed by atoms with Gasteiger partial charge < -0.3 is 19.5 Å². The Morgan fingerprint density at radius 2 is 1.92 bits per heavy atom. The Bertz CT molecular complexity index is 705. The van der Waals surface area contributed by atoms with Crippen LogP contribution in [-0.4, -0.2) is 66.2 Å². The minimum Gasteiger partial charge on any atom is -0.468 e. The fourth-order valence-electron chi connectivity index (χ4n) is 4.05. The molecule has 2 saturated heterocycles. The van der Waals surface area contributed by atoms with E-state index in [1.165, 1.54) is 6.26 Å². The van der Waals surface area contributed by atoms with Crippen molar-refractivity contribution in [1.29, 1.82) is 0 Å². The van der Waals surface area contributed by atoms with Gasteiger partial charge >= 0.3 is 0 Å². The van der Waals surface area contributed by atoms with Crippen molar-refractivity contribution in [2.45, 2.75) is 38.1 Å². The summed E-state index contributed by atoms with van der Waals surface area (Å²) in [6, 6.07) is -0.511. The second kappa shape index (κ2) is 6.63. The normalized spacial score (nSPS) is 23.7. The molecule has 134 valence electrons. The van der Waals surface area contributed by atoms with Gasteiger partial charge in [-0.05, 0) is 19.3 Å². The summed E-state index contributed by atoms with van der Waals surface area (Å²) in [5.41, 5.74) is 0.753. The molecule has 25 heavy (non-hydrogen) atoms. The van der Waals surface area contributed by atoms with Gasteiger partial charge in [-0.15, -0.1) is 0 Å². The zero-order valence-electron chi connectivity index (χ0n) is 14.3. The molecule has 0 radical (unpaired) electrons. The van der Waals surface area contributed by atoms with Gasteiger partial charge in [0.1, 0.15) is 18.1 Å². The molecule has 3 heterocycles. The van der Waals surface area contributed by atoms with Crippen molar-refractivity contribution in [2.24, 2.45) is 0 Å². The molecule has 1 N–H and O–H groups in total. The number of nitrogens with one attached hydrogen (secondary N) is 1. The van der Waals surface area contributed by atoms with Crippen LogP contribution in [0.5, 0.6) is 0 Å². The Morgan fingerprint density at radius 1 is 1.12 bits per heavy atom. The van der Waals surface area contributed by atoms with E-state index in [9.17, 15) is 14.4 Å². The molecule has 2 aliphatic heterocycles. The highest BCUT2D eigenvalue weighted by molar-refractivity contribution is 6.10. The number of likely N-dealkylation sites (tertiary alicyclic amines) is 1. The predicted octanol–water partition coefficient (Wildman–Crippen LogP) is 0.835. The van der Waals surface area contributed by atoms with Crippen LogP contribution in [0.25, 0.3) is 0 Å². The van der Waals surface area contributed by atoms with Crippen LogP contribution in [0.15, 0.2) is 10.7 Å². The van der Waals surface area contributed by atoms with E-state index in [0.717, 1.165) is 32.4 Å². The first-order valence-corrected chi connectivity index (χ1v) is 9.11. The van der Waals surface area contributed by atoms with Crippen LogP contribution in [0.2, 0.25) is 0 Å². The zero-order chi connectivity index (χ0) is 17.4. The molecule has 0 aromatic carbocycles. The number of piperazine rings is 1. The molecular weight excluding hydrogens is 322 g/mol. The summed E-state index contributed by atoms with van der Waals surface area (Å²) < 4.78 is 5.49. The summed E-state index contributed by atoms with van der Waals surface area (Å²) in [6.07, 6.45) is 5.33. The molecule has 0 bridgehead atoms. The van der Waals surface area contributed by atoms with Crippen molar-refractivity contribution >= 4 is 17.6 Å². The van der Waals surface area contributed by atoms with Crippen molar-refractivity contribution in [3.63, 3.8) is 0 Å². The van der Waals surface area contributed by atoms with Crippen molar-refractivity contribution in [2.75, 3.05) is 32.7 Å². The van der Waals surface area contributed by atoms with Gasteiger partial charge in [0.05, 0.1) is 11.1 Å². The molecule has 0 spiro atoms. The number of amides is 2. The number of furan rings is 1. The van der Waals surface area contributed by atoms with Gasteiger partial charge in [0, 0.05) is 45.6 Å². The van der Waals surface area contributed by atoms with Gasteiger partial charge in [-0.3, -0.25) is 14.4 Å². The minimum absolute atomic E-state index is 0.00161. The van der Waals surface area contributed by atoms with Gasteiger partial charge in [-0.2, -0.15) is 0 Å². The van der Waals surface area contributed by atoms with Gasteiger partial charge in [-0.1, -0.05) is 0 Å². The first-order valence-electron chi connectivity index (χ1n) is 9.11. The lowest BCUT2D eigenvalue weighted by Crippen LogP contribution is -2.60. The van der Waals surface area contributed by atoms with E-state index in [2.05, 4.69) is 5.32 Å². The van der Waals surface area contributed by atoms with Gasteiger partial charge in [0.15, 0.2) is 5.78 Å². The van der Waals surface area contributed by atoms with Gasteiger partial charge in [-0.25, -0.2) is 0 Å². The Labute approximate surface area is 146 Å². The highest BCUT2D eigenvalue weighted by Crippen LogP contribution is 2.28. The van der Waals surface area contributed by atoms with Gasteiger partial charge in [0.25, 0.3) is 5.91 Å². The van der Waals surface area contributed by atoms with Gasteiger partial charge in [0.2, 0.25) is 5.91 Å². The molecule has 2 fully saturated rings. The van der Waals surface area contributed by atoms with E-state index in [1.807, 2.05) is 4.90 Å². The molecule has 3 aliphatic rings. The second-order valence-corrected chi connectivity index (χ2v) is 6.98. The standard InChI is InChI=1S/C18H23N3O4/c22-14-4-3-5-15-16(14)12(11-25-15)17(23)21-9-6-19-10-13(21)18(24)20-7-1-2-8-20/h11,13,19H,1-10H2. The van der Waals surface area contributed by atoms with Crippen LogP contribution in [0.1, 0.15) is 52.2 Å². The molecule has 7 nitrogen and oxygen atoms in total. The number of hydrogen-bond donors (Lipinski definition) is 1. The van der Waals surface area contributed by atoms with Crippen molar-refractivity contribution in [3.05, 3.63) is 23.2 Å². The van der Waals surface area contributed by atoms with E-state index < -0.39 is 6.04 Å². The molecule has 2 amide bonds. The van der Waals surface area contributed by atoms with Crippen molar-refractivity contribution in [1.82, 2.24) is 15.1 Å². The fourth-order valence-corrected chi connectivity index (χ4v) is 4.05. The number of nitrogens with zero attached hydrogens (tertiary/aromatic N) is 2. The van der Waals surface area contributed by atoms with Crippen molar-refractivity contribution in [3.8, 4) is 0 Å². The summed E-state index contributed by atoms with van der Waals surface area (Å²) in [4.78, 5) is 41.7. The van der Waals surface area contributed by atoms with E-state index in [-0.39, 0.29) is 17.6 Å². The quantitative estimate of drug-likeness (QED) is 0.859. The van der Waals surface area contributed by atoms with Crippen LogP contribution in [-0.2, 0) is 11.2 Å². The van der Waals surface area contributed by atoms with Crippen LogP contribution < -0.4 is 5.32 Å². The maximum atomic E-state index is 13.1. The second-order valence-electron chi connectivity index (χ2n) is 6.98. The summed E-state index contributed by atoms with van der Waals surface area (Å²) in [6.45, 7) is 3.07. The fraction of sp³-hybridized carbons (Fsp3) is 0.611. The van der Waals surface area contributed by atoms with Crippen LogP contribution >= 0.6 is 0 Å². The number of carbonyl (C=O) groups is 3. The maximum Gasteiger partial charge on any atom is 0.258 e. The van der Waals surface area contributed by atoms with Crippen molar-refractivity contribution < 1.29 is 18.8 Å². The molecule has 1 aromatic heterocycles. The van der Waals surface area contributed by atoms with Crippen LogP contribution in [0.4, 0.5) is 0 Å². The third-order valence-corrected chi connectivity index (χ3v) is 5.39. The third kappa shape index (κ3) is 2.86. The number of hydrogen-bond acceptors (Lipinski definition) is 5. The van der Waals surface area contributed by atoms with E-state index in [1.54, 1.807) is 4.90 Å². The first-order chi connectivity index (χ1) is 12.2. The Balaban J connectivity index is 1.60. The summed E-state index contributed by atoms with van der Waals surface area (Å²) in [5.74, 6) is 0.314. The SMILES string of the molecule is O=C1CCCc2occ(C(=O)N3CCNCC3C(=O)N3CCCC3)c21. The molecule has 1 aliphatic carbocycles. The molecular formula is C18H23N3O4. The number of rotatable bonds is 2. The van der Waals surface area contributed by atoms with Crippen LogP contribution in [0.3, 0.4) is 0 Å². The lowest BCUT2D eigenvalue weighted by Gasteiger charge is -2.37. The monoisotopic (exact) mass is 345 g/mol. The third-order valence-electron chi connectivity index (χ3n) is 5.39. The lowest BCUT2D eigenvalue weighted by atomic mass is 9.93. The Kier molecular flexibility index (Phi) is 4.33. The van der Waals surface area contributed by atoms with Crippen LogP contribution in [0, 0.1) is 0 Å². The number of carbonyl (C=O) groups excluding carboxylic acids is 3. The molecule has 1 aromatic rings. The number of Topliss-reactive ketones (excluding diaryl/α,β-unsaturated/α-hetero) is 1. The maximum absolute atomic E-state index is 13.1. The van der Waals surface area contributed by atoms with E-state index >= 15 is 0 Å². The number of fused-ring (bicyclic) bond motifs is 1. The number of ketones is 1. The molecule has 7 heteroatoms. The molecule has 0 saturated carbocycles. The first kappa shape index (κ1) is 16.3. The molecule has 1 unspecified atom stereocenters. The predicted molar refractivity (Wildman–Crippen MR) is 89.5 cm³/mol.